The van der Waals surface area contributed by atoms with Crippen molar-refractivity contribution in [2.75, 3.05) is 31.2 Å². The fourth-order valence-electron chi connectivity index (χ4n) is 3.42. The van der Waals surface area contributed by atoms with Gasteiger partial charge < -0.3 is 14.4 Å². The van der Waals surface area contributed by atoms with Crippen LogP contribution in [0.2, 0.25) is 0 Å². The molecule has 156 valence electrons. The zero-order valence-corrected chi connectivity index (χ0v) is 18.0. The Morgan fingerprint density at radius 2 is 1.83 bits per heavy atom. The van der Waals surface area contributed by atoms with Crippen LogP contribution in [0.3, 0.4) is 0 Å². The van der Waals surface area contributed by atoms with Gasteiger partial charge in [-0.2, -0.15) is 14.9 Å². The van der Waals surface area contributed by atoms with Gasteiger partial charge in [0.05, 0.1) is 19.4 Å². The highest BCUT2D eigenvalue weighted by molar-refractivity contribution is 7.71. The Kier molecular flexibility index (Phi) is 6.25. The molecule has 0 atom stereocenters. The van der Waals surface area contributed by atoms with Crippen molar-refractivity contribution in [2.45, 2.75) is 20.5 Å². The molecule has 30 heavy (non-hydrogen) atoms. The Morgan fingerprint density at radius 3 is 2.53 bits per heavy atom. The Balaban J connectivity index is 1.45. The minimum absolute atomic E-state index is 0.267. The number of ether oxygens (including phenoxy) is 2. The number of aryl methyl sites for hydroxylation is 2. The Hall–Kier alpha value is -2.97. The summed E-state index contributed by atoms with van der Waals surface area (Å²) in [7, 11) is 0. The summed E-state index contributed by atoms with van der Waals surface area (Å²) in [6.45, 7) is 7.74. The van der Waals surface area contributed by atoms with E-state index in [1.165, 1.54) is 5.69 Å². The summed E-state index contributed by atoms with van der Waals surface area (Å²) in [5, 5.41) is 11.5. The third-order valence-electron chi connectivity index (χ3n) is 4.87. The molecule has 0 amide bonds. The van der Waals surface area contributed by atoms with E-state index >= 15 is 0 Å². The maximum absolute atomic E-state index is 5.90. The first-order valence-corrected chi connectivity index (χ1v) is 10.3. The van der Waals surface area contributed by atoms with E-state index in [2.05, 4.69) is 38.4 Å². The molecule has 3 aromatic rings. The molecule has 1 fully saturated rings. The molecule has 0 bridgehead atoms. The molecule has 1 aliphatic rings. The lowest BCUT2D eigenvalue weighted by Gasteiger charge is -2.28. The summed E-state index contributed by atoms with van der Waals surface area (Å²) in [6.07, 6.45) is 1.77. The number of aromatic nitrogens is 3. The second-order valence-corrected chi connectivity index (χ2v) is 7.69. The molecule has 2 heterocycles. The monoisotopic (exact) mass is 423 g/mol. The van der Waals surface area contributed by atoms with Crippen molar-refractivity contribution < 1.29 is 9.47 Å². The fourth-order valence-corrected chi connectivity index (χ4v) is 3.62. The average molecular weight is 424 g/mol. The topological polar surface area (TPSA) is 67.7 Å². The van der Waals surface area contributed by atoms with Crippen molar-refractivity contribution >= 4 is 24.1 Å². The summed E-state index contributed by atoms with van der Waals surface area (Å²) in [4.78, 5) is 2.32. The molecular formula is C22H25N5O2S. The van der Waals surface area contributed by atoms with Crippen molar-refractivity contribution in [1.29, 1.82) is 0 Å². The first kappa shape index (κ1) is 20.3. The molecule has 0 radical (unpaired) electrons. The molecule has 0 aliphatic carbocycles. The molecule has 1 N–H and O–H groups in total. The van der Waals surface area contributed by atoms with E-state index in [9.17, 15) is 0 Å². The Labute approximate surface area is 180 Å². The van der Waals surface area contributed by atoms with Crippen molar-refractivity contribution in [2.24, 2.45) is 5.10 Å². The Bertz CT molecular complexity index is 1060. The normalized spacial score (nSPS) is 14.4. The molecule has 0 saturated carbocycles. The standard InChI is InChI=1S/C22H25N5O2S/c1-16-11-17(2)13-20(12-16)29-15-21-24-25-22(30)27(21)23-14-18-3-5-19(6-4-18)26-7-9-28-10-8-26/h3-6,11-14H,7-10,15H2,1-2H3,(H,25,30)/b23-14-. The molecular weight excluding hydrogens is 398 g/mol. The second-order valence-electron chi connectivity index (χ2n) is 7.30. The zero-order valence-electron chi connectivity index (χ0n) is 17.2. The van der Waals surface area contributed by atoms with Gasteiger partial charge in [-0.1, -0.05) is 18.2 Å². The van der Waals surface area contributed by atoms with Crippen LogP contribution in [0.4, 0.5) is 5.69 Å². The third-order valence-corrected chi connectivity index (χ3v) is 5.14. The van der Waals surface area contributed by atoms with Crippen LogP contribution < -0.4 is 9.64 Å². The number of morpholine rings is 1. The number of H-pyrrole nitrogens is 1. The highest BCUT2D eigenvalue weighted by atomic mass is 32.1. The molecule has 1 saturated heterocycles. The Morgan fingerprint density at radius 1 is 1.13 bits per heavy atom. The fraction of sp³-hybridized carbons (Fsp3) is 0.318. The van der Waals surface area contributed by atoms with Gasteiger partial charge in [-0.25, -0.2) is 5.10 Å². The maximum atomic E-state index is 5.90. The van der Waals surface area contributed by atoms with Gasteiger partial charge in [0.25, 0.3) is 0 Å². The zero-order chi connectivity index (χ0) is 20.9. The van der Waals surface area contributed by atoms with Gasteiger partial charge in [0.2, 0.25) is 4.77 Å². The molecule has 2 aromatic carbocycles. The smallest absolute Gasteiger partial charge is 0.216 e. The van der Waals surface area contributed by atoms with Crippen LogP contribution in [-0.4, -0.2) is 47.4 Å². The minimum atomic E-state index is 0.267. The lowest BCUT2D eigenvalue weighted by molar-refractivity contribution is 0.122. The van der Waals surface area contributed by atoms with E-state index in [4.69, 9.17) is 21.7 Å². The number of hydrogen-bond donors (Lipinski definition) is 1. The van der Waals surface area contributed by atoms with Gasteiger partial charge >= 0.3 is 0 Å². The van der Waals surface area contributed by atoms with Gasteiger partial charge in [0, 0.05) is 18.8 Å². The number of rotatable bonds is 6. The number of aromatic amines is 1. The van der Waals surface area contributed by atoms with Crippen molar-refractivity contribution in [3.05, 3.63) is 69.8 Å². The lowest BCUT2D eigenvalue weighted by atomic mass is 10.1. The van der Waals surface area contributed by atoms with Crippen LogP contribution >= 0.6 is 12.2 Å². The molecule has 8 heteroatoms. The van der Waals surface area contributed by atoms with Crippen molar-refractivity contribution in [1.82, 2.24) is 14.9 Å². The van der Waals surface area contributed by atoms with E-state index in [1.807, 2.05) is 38.1 Å². The molecule has 0 unspecified atom stereocenters. The SMILES string of the molecule is Cc1cc(C)cc(OCc2n[nH]c(=S)n2/N=C\c2ccc(N3CCOCC3)cc2)c1. The molecule has 7 nitrogen and oxygen atoms in total. The van der Waals surface area contributed by atoms with Crippen LogP contribution in [0.1, 0.15) is 22.5 Å². The molecule has 4 rings (SSSR count). The highest BCUT2D eigenvalue weighted by Crippen LogP contribution is 2.18. The van der Waals surface area contributed by atoms with Gasteiger partial charge in [-0.3, -0.25) is 0 Å². The van der Waals surface area contributed by atoms with Crippen molar-refractivity contribution in [3.8, 4) is 5.75 Å². The van der Waals surface area contributed by atoms with Crippen molar-refractivity contribution in [3.63, 3.8) is 0 Å². The molecule has 1 aromatic heterocycles. The summed E-state index contributed by atoms with van der Waals surface area (Å²) in [5.74, 6) is 1.41. The summed E-state index contributed by atoms with van der Waals surface area (Å²) in [5.41, 5.74) is 4.49. The highest BCUT2D eigenvalue weighted by Gasteiger charge is 2.11. The largest absolute Gasteiger partial charge is 0.486 e. The first-order chi connectivity index (χ1) is 14.6. The number of benzene rings is 2. The van der Waals surface area contributed by atoms with Crippen LogP contribution in [0.15, 0.2) is 47.6 Å². The van der Waals surface area contributed by atoms with E-state index in [-0.39, 0.29) is 6.61 Å². The molecule has 0 spiro atoms. The van der Waals surface area contributed by atoms with Gasteiger partial charge in [-0.15, -0.1) is 0 Å². The van der Waals surface area contributed by atoms with Crippen LogP contribution in [0, 0.1) is 18.6 Å². The third kappa shape index (κ3) is 4.95. The predicted molar refractivity (Wildman–Crippen MR) is 120 cm³/mol. The van der Waals surface area contributed by atoms with Crippen LogP contribution in [0.5, 0.6) is 5.75 Å². The summed E-state index contributed by atoms with van der Waals surface area (Å²) in [6, 6.07) is 14.4. The van der Waals surface area contributed by atoms with Gasteiger partial charge in [0.1, 0.15) is 12.4 Å². The number of hydrogen-bond acceptors (Lipinski definition) is 6. The average Bonchev–Trinajstić information content (AvgIpc) is 3.10. The van der Waals surface area contributed by atoms with E-state index in [0.29, 0.717) is 10.6 Å². The summed E-state index contributed by atoms with van der Waals surface area (Å²) < 4.78 is 13.3. The molecule has 1 aliphatic heterocycles. The maximum Gasteiger partial charge on any atom is 0.216 e. The quantitative estimate of drug-likeness (QED) is 0.482. The van der Waals surface area contributed by atoms with Crippen LogP contribution in [0.25, 0.3) is 0 Å². The van der Waals surface area contributed by atoms with E-state index in [0.717, 1.165) is 48.7 Å². The summed E-state index contributed by atoms with van der Waals surface area (Å²) >= 11 is 5.32. The number of anilines is 1. The first-order valence-electron chi connectivity index (χ1n) is 9.93. The van der Waals surface area contributed by atoms with E-state index in [1.54, 1.807) is 10.9 Å². The van der Waals surface area contributed by atoms with Gasteiger partial charge in [-0.05, 0) is 67.0 Å². The minimum Gasteiger partial charge on any atom is -0.486 e. The van der Waals surface area contributed by atoms with Gasteiger partial charge in [0.15, 0.2) is 5.82 Å². The lowest BCUT2D eigenvalue weighted by Crippen LogP contribution is -2.36. The van der Waals surface area contributed by atoms with E-state index < -0.39 is 0 Å². The number of nitrogens with zero attached hydrogens (tertiary/aromatic N) is 4. The number of nitrogens with one attached hydrogen (secondary N) is 1. The van der Waals surface area contributed by atoms with Crippen LogP contribution in [-0.2, 0) is 11.3 Å². The predicted octanol–water partition coefficient (Wildman–Crippen LogP) is 3.86. The second kappa shape index (κ2) is 9.23.